The van der Waals surface area contributed by atoms with Crippen molar-refractivity contribution in [3.63, 3.8) is 0 Å². The molecule has 1 aromatic carbocycles. The number of nitrogens with zero attached hydrogens (tertiary/aromatic N) is 2. The van der Waals surface area contributed by atoms with Gasteiger partial charge in [-0.15, -0.1) is 0 Å². The molecule has 0 aliphatic rings. The summed E-state index contributed by atoms with van der Waals surface area (Å²) in [6, 6.07) is 7.05. The Labute approximate surface area is 114 Å². The molecule has 0 aliphatic carbocycles. The molecule has 0 fully saturated rings. The highest BCUT2D eigenvalue weighted by Gasteiger charge is 2.08. The third kappa shape index (κ3) is 3.69. The molecule has 19 heavy (non-hydrogen) atoms. The molecule has 1 heterocycles. The van der Waals surface area contributed by atoms with E-state index in [0.717, 1.165) is 17.1 Å². The molecular weight excluding hydrogens is 262 g/mol. The molecule has 0 saturated carbocycles. The van der Waals surface area contributed by atoms with Crippen molar-refractivity contribution in [1.82, 2.24) is 9.36 Å². The Morgan fingerprint density at radius 1 is 1.37 bits per heavy atom. The van der Waals surface area contributed by atoms with Crippen LogP contribution in [-0.2, 0) is 11.2 Å². The maximum atomic E-state index is 11.8. The van der Waals surface area contributed by atoms with Crippen LogP contribution in [0.25, 0.3) is 0 Å². The van der Waals surface area contributed by atoms with Gasteiger partial charge >= 0.3 is 0 Å². The molecule has 2 rings (SSSR count). The van der Waals surface area contributed by atoms with Crippen LogP contribution in [0.4, 0.5) is 5.13 Å². The predicted molar refractivity (Wildman–Crippen MR) is 73.4 cm³/mol. The average molecular weight is 275 g/mol. The standard InChI is InChI=1S/C13H13N3O2S/c1-8(17)11-5-3-4-10(6-11)7-12(18)15-13-14-9(2)16-19-13/h3-6H,7H2,1-2H3,(H,14,15,16,18). The van der Waals surface area contributed by atoms with Gasteiger partial charge in [0.15, 0.2) is 5.78 Å². The van der Waals surface area contributed by atoms with E-state index >= 15 is 0 Å². The minimum absolute atomic E-state index is 0.0120. The number of rotatable bonds is 4. The van der Waals surface area contributed by atoms with Crippen molar-refractivity contribution in [3.05, 3.63) is 41.2 Å². The first-order valence-corrected chi connectivity index (χ1v) is 6.52. The number of carbonyl (C=O) groups excluding carboxylic acids is 2. The Hall–Kier alpha value is -2.08. The molecule has 0 saturated heterocycles. The molecule has 5 nitrogen and oxygen atoms in total. The molecule has 98 valence electrons. The summed E-state index contributed by atoms with van der Waals surface area (Å²) < 4.78 is 3.99. The third-order valence-corrected chi connectivity index (χ3v) is 3.19. The number of Topliss-reactive ketones (excluding diaryl/α,β-unsaturated/α-hetero) is 1. The molecule has 0 radical (unpaired) electrons. The van der Waals surface area contributed by atoms with E-state index in [4.69, 9.17) is 0 Å². The van der Waals surface area contributed by atoms with E-state index in [9.17, 15) is 9.59 Å². The number of aryl methyl sites for hydroxylation is 1. The number of benzene rings is 1. The molecule has 2 aromatic rings. The summed E-state index contributed by atoms with van der Waals surface area (Å²) in [5.74, 6) is 0.456. The number of aromatic nitrogens is 2. The van der Waals surface area contributed by atoms with Crippen LogP contribution >= 0.6 is 11.5 Å². The Kier molecular flexibility index (Phi) is 4.01. The molecule has 0 spiro atoms. The van der Waals surface area contributed by atoms with Crippen molar-refractivity contribution in [2.75, 3.05) is 5.32 Å². The van der Waals surface area contributed by atoms with E-state index in [-0.39, 0.29) is 18.1 Å². The van der Waals surface area contributed by atoms with Gasteiger partial charge in [0.25, 0.3) is 0 Å². The lowest BCUT2D eigenvalue weighted by atomic mass is 10.1. The smallest absolute Gasteiger partial charge is 0.230 e. The molecule has 6 heteroatoms. The molecule has 1 amide bonds. The van der Waals surface area contributed by atoms with Crippen LogP contribution < -0.4 is 5.32 Å². The number of ketones is 1. The summed E-state index contributed by atoms with van der Waals surface area (Å²) in [5.41, 5.74) is 1.41. The van der Waals surface area contributed by atoms with E-state index in [1.165, 1.54) is 6.92 Å². The van der Waals surface area contributed by atoms with Crippen molar-refractivity contribution < 1.29 is 9.59 Å². The Morgan fingerprint density at radius 3 is 2.79 bits per heavy atom. The van der Waals surface area contributed by atoms with Gasteiger partial charge in [0.1, 0.15) is 5.82 Å². The maximum absolute atomic E-state index is 11.8. The van der Waals surface area contributed by atoms with E-state index in [1.54, 1.807) is 25.1 Å². The van der Waals surface area contributed by atoms with Crippen molar-refractivity contribution in [1.29, 1.82) is 0 Å². The Morgan fingerprint density at radius 2 is 2.16 bits per heavy atom. The van der Waals surface area contributed by atoms with Gasteiger partial charge in [-0.25, -0.2) is 4.98 Å². The average Bonchev–Trinajstić information content (AvgIpc) is 2.74. The highest BCUT2D eigenvalue weighted by atomic mass is 32.1. The third-order valence-electron chi connectivity index (χ3n) is 2.47. The van der Waals surface area contributed by atoms with Gasteiger partial charge in [0, 0.05) is 17.1 Å². The zero-order valence-corrected chi connectivity index (χ0v) is 11.5. The van der Waals surface area contributed by atoms with Crippen molar-refractivity contribution in [2.45, 2.75) is 20.3 Å². The van der Waals surface area contributed by atoms with Gasteiger partial charge in [0.2, 0.25) is 11.0 Å². The molecule has 1 aromatic heterocycles. The fraction of sp³-hybridized carbons (Fsp3) is 0.231. The first-order valence-electron chi connectivity index (χ1n) is 5.74. The van der Waals surface area contributed by atoms with Crippen LogP contribution in [0.15, 0.2) is 24.3 Å². The predicted octanol–water partition coefficient (Wildman–Crippen LogP) is 2.23. The summed E-state index contributed by atoms with van der Waals surface area (Å²) in [5, 5.41) is 3.17. The van der Waals surface area contributed by atoms with Gasteiger partial charge in [0.05, 0.1) is 6.42 Å². The lowest BCUT2D eigenvalue weighted by Gasteiger charge is -2.03. The minimum Gasteiger partial charge on any atom is -0.300 e. The molecule has 1 N–H and O–H groups in total. The topological polar surface area (TPSA) is 72.0 Å². The summed E-state index contributed by atoms with van der Waals surface area (Å²) in [6.45, 7) is 3.27. The van der Waals surface area contributed by atoms with Gasteiger partial charge in [-0.1, -0.05) is 18.2 Å². The first kappa shape index (κ1) is 13.4. The minimum atomic E-state index is -0.170. The molecule has 0 atom stereocenters. The quantitative estimate of drug-likeness (QED) is 0.868. The fourth-order valence-electron chi connectivity index (χ4n) is 1.60. The largest absolute Gasteiger partial charge is 0.300 e. The highest BCUT2D eigenvalue weighted by Crippen LogP contribution is 2.12. The summed E-state index contributed by atoms with van der Waals surface area (Å²) in [7, 11) is 0. The number of hydrogen-bond acceptors (Lipinski definition) is 5. The van der Waals surface area contributed by atoms with E-state index in [1.807, 2.05) is 6.07 Å². The number of anilines is 1. The zero-order valence-electron chi connectivity index (χ0n) is 10.6. The normalized spacial score (nSPS) is 10.2. The SMILES string of the molecule is CC(=O)c1cccc(CC(=O)Nc2nc(C)ns2)c1. The van der Waals surface area contributed by atoms with Crippen molar-refractivity contribution >= 4 is 28.4 Å². The Bertz CT molecular complexity index is 622. The second-order valence-corrected chi connectivity index (χ2v) is 4.88. The lowest BCUT2D eigenvalue weighted by Crippen LogP contribution is -2.14. The van der Waals surface area contributed by atoms with Crippen molar-refractivity contribution in [3.8, 4) is 0 Å². The molecular formula is C13H13N3O2S. The van der Waals surface area contributed by atoms with Gasteiger partial charge in [-0.2, -0.15) is 4.37 Å². The number of nitrogens with one attached hydrogen (secondary N) is 1. The van der Waals surface area contributed by atoms with Crippen LogP contribution in [0.2, 0.25) is 0 Å². The molecule has 0 bridgehead atoms. The molecule has 0 unspecified atom stereocenters. The van der Waals surface area contributed by atoms with Crippen LogP contribution in [0.1, 0.15) is 28.7 Å². The van der Waals surface area contributed by atoms with Gasteiger partial charge in [-0.3, -0.25) is 9.59 Å². The summed E-state index contributed by atoms with van der Waals surface area (Å²) >= 11 is 1.15. The zero-order chi connectivity index (χ0) is 13.8. The van der Waals surface area contributed by atoms with Gasteiger partial charge < -0.3 is 5.32 Å². The number of amides is 1. The second-order valence-electron chi connectivity index (χ2n) is 4.13. The fourth-order valence-corrected chi connectivity index (χ4v) is 2.19. The number of carbonyl (C=O) groups is 2. The molecule has 0 aliphatic heterocycles. The van der Waals surface area contributed by atoms with E-state index in [0.29, 0.717) is 16.5 Å². The van der Waals surface area contributed by atoms with E-state index in [2.05, 4.69) is 14.7 Å². The van der Waals surface area contributed by atoms with Gasteiger partial charge in [-0.05, 0) is 25.5 Å². The maximum Gasteiger partial charge on any atom is 0.230 e. The van der Waals surface area contributed by atoms with Crippen molar-refractivity contribution in [2.24, 2.45) is 0 Å². The first-order chi connectivity index (χ1) is 9.04. The second kappa shape index (κ2) is 5.71. The highest BCUT2D eigenvalue weighted by molar-refractivity contribution is 7.09. The van der Waals surface area contributed by atoms with E-state index < -0.39 is 0 Å². The van der Waals surface area contributed by atoms with Crippen LogP contribution in [-0.4, -0.2) is 21.0 Å². The summed E-state index contributed by atoms with van der Waals surface area (Å²) in [4.78, 5) is 27.1. The summed E-state index contributed by atoms with van der Waals surface area (Å²) in [6.07, 6.45) is 0.208. The Balaban J connectivity index is 2.02. The van der Waals surface area contributed by atoms with Crippen LogP contribution in [0.3, 0.4) is 0 Å². The van der Waals surface area contributed by atoms with Crippen LogP contribution in [0, 0.1) is 6.92 Å². The lowest BCUT2D eigenvalue weighted by molar-refractivity contribution is -0.115. The monoisotopic (exact) mass is 275 g/mol. The van der Waals surface area contributed by atoms with Crippen LogP contribution in [0.5, 0.6) is 0 Å². The number of hydrogen-bond donors (Lipinski definition) is 1.